The number of hydrogen-bond donors (Lipinski definition) is 2. The highest BCUT2D eigenvalue weighted by Crippen LogP contribution is 2.31. The molecule has 0 aliphatic heterocycles. The third kappa shape index (κ3) is 3.68. The molecule has 0 saturated carbocycles. The Balaban J connectivity index is 2.51. The van der Waals surface area contributed by atoms with E-state index in [1.807, 2.05) is 0 Å². The van der Waals surface area contributed by atoms with E-state index in [0.29, 0.717) is 11.1 Å². The van der Waals surface area contributed by atoms with E-state index in [9.17, 15) is 18.0 Å². The standard InChI is InChI=1S/C16H11ClF3NO3/c17-9-3-1-8(2-4-9)14-11(18)7-10(15(19)16(14)20)12(21-24)5-6-13(22)23/h1-4,7,24H,5-6H2,(H,22,23). The average Bonchev–Trinajstić information content (AvgIpc) is 2.54. The van der Waals surface area contributed by atoms with E-state index in [4.69, 9.17) is 21.9 Å². The van der Waals surface area contributed by atoms with Gasteiger partial charge in [0.15, 0.2) is 11.6 Å². The zero-order chi connectivity index (χ0) is 17.9. The fourth-order valence-corrected chi connectivity index (χ4v) is 2.28. The van der Waals surface area contributed by atoms with Gasteiger partial charge >= 0.3 is 5.97 Å². The summed E-state index contributed by atoms with van der Waals surface area (Å²) in [6, 6.07) is 6.12. The second-order valence-corrected chi connectivity index (χ2v) is 5.29. The fourth-order valence-electron chi connectivity index (χ4n) is 2.15. The van der Waals surface area contributed by atoms with Gasteiger partial charge in [-0.1, -0.05) is 28.9 Å². The van der Waals surface area contributed by atoms with Crippen LogP contribution in [0, 0.1) is 17.5 Å². The van der Waals surface area contributed by atoms with E-state index in [1.54, 1.807) is 0 Å². The molecule has 4 nitrogen and oxygen atoms in total. The molecule has 0 fully saturated rings. The Morgan fingerprint density at radius 2 is 1.71 bits per heavy atom. The molecule has 8 heteroatoms. The van der Waals surface area contributed by atoms with E-state index in [0.717, 1.165) is 0 Å². The van der Waals surface area contributed by atoms with Crippen LogP contribution in [0.2, 0.25) is 5.02 Å². The highest BCUT2D eigenvalue weighted by molar-refractivity contribution is 6.30. The average molecular weight is 358 g/mol. The van der Waals surface area contributed by atoms with Crippen LogP contribution in [-0.4, -0.2) is 22.0 Å². The molecule has 2 aromatic rings. The number of hydrogen-bond acceptors (Lipinski definition) is 3. The molecule has 0 saturated heterocycles. The quantitative estimate of drug-likeness (QED) is 0.359. The number of carboxylic acid groups (broad SMARTS) is 1. The molecule has 0 radical (unpaired) electrons. The van der Waals surface area contributed by atoms with Crippen LogP contribution in [0.3, 0.4) is 0 Å². The number of nitrogens with zero attached hydrogens (tertiary/aromatic N) is 1. The van der Waals surface area contributed by atoms with Crippen molar-refractivity contribution in [1.82, 2.24) is 0 Å². The van der Waals surface area contributed by atoms with Gasteiger partial charge in [-0.05, 0) is 23.8 Å². The lowest BCUT2D eigenvalue weighted by molar-refractivity contribution is -0.136. The molecule has 0 amide bonds. The van der Waals surface area contributed by atoms with Gasteiger partial charge in [0.2, 0.25) is 0 Å². The van der Waals surface area contributed by atoms with Crippen LogP contribution in [0.15, 0.2) is 35.5 Å². The zero-order valence-electron chi connectivity index (χ0n) is 12.1. The first-order valence-electron chi connectivity index (χ1n) is 6.71. The minimum atomic E-state index is -1.47. The molecule has 2 aromatic carbocycles. The predicted octanol–water partition coefficient (Wildman–Crippen LogP) is 4.47. The molecule has 0 aliphatic rings. The van der Waals surface area contributed by atoms with Crippen molar-refractivity contribution in [3.63, 3.8) is 0 Å². The van der Waals surface area contributed by atoms with Crippen LogP contribution in [0.5, 0.6) is 0 Å². The molecule has 0 heterocycles. The van der Waals surface area contributed by atoms with E-state index in [1.165, 1.54) is 24.3 Å². The molecule has 0 spiro atoms. The van der Waals surface area contributed by atoms with Gasteiger partial charge in [-0.2, -0.15) is 0 Å². The Morgan fingerprint density at radius 3 is 2.25 bits per heavy atom. The van der Waals surface area contributed by atoms with Crippen LogP contribution >= 0.6 is 11.6 Å². The smallest absolute Gasteiger partial charge is 0.303 e. The van der Waals surface area contributed by atoms with Gasteiger partial charge in [0, 0.05) is 17.0 Å². The van der Waals surface area contributed by atoms with Gasteiger partial charge in [-0.25, -0.2) is 13.2 Å². The molecule has 0 aliphatic carbocycles. The van der Waals surface area contributed by atoms with E-state index >= 15 is 0 Å². The van der Waals surface area contributed by atoms with Gasteiger partial charge < -0.3 is 10.3 Å². The lowest BCUT2D eigenvalue weighted by atomic mass is 9.98. The maximum absolute atomic E-state index is 14.3. The third-order valence-electron chi connectivity index (χ3n) is 3.30. The number of halogens is 4. The van der Waals surface area contributed by atoms with Crippen molar-refractivity contribution in [2.75, 3.05) is 0 Å². The lowest BCUT2D eigenvalue weighted by Gasteiger charge is -2.11. The van der Waals surface area contributed by atoms with Gasteiger partial charge in [0.1, 0.15) is 5.82 Å². The topological polar surface area (TPSA) is 69.9 Å². The SMILES string of the molecule is O=C(O)CCC(=NO)c1cc(F)c(-c2ccc(Cl)cc2)c(F)c1F. The molecule has 0 aromatic heterocycles. The van der Waals surface area contributed by atoms with Crippen LogP contribution < -0.4 is 0 Å². The zero-order valence-corrected chi connectivity index (χ0v) is 12.8. The van der Waals surface area contributed by atoms with E-state index < -0.39 is 46.7 Å². The summed E-state index contributed by atoms with van der Waals surface area (Å²) in [6.45, 7) is 0. The third-order valence-corrected chi connectivity index (χ3v) is 3.55. The number of aliphatic carboxylic acids is 1. The minimum absolute atomic E-state index is 0.0767. The summed E-state index contributed by atoms with van der Waals surface area (Å²) in [7, 11) is 0. The van der Waals surface area contributed by atoms with Crippen molar-refractivity contribution in [2.45, 2.75) is 12.8 Å². The summed E-state index contributed by atoms with van der Waals surface area (Å²) in [5.74, 6) is -5.21. The number of carbonyl (C=O) groups is 1. The number of carboxylic acids is 1. The molecule has 0 atom stereocenters. The van der Waals surface area contributed by atoms with Crippen molar-refractivity contribution < 1.29 is 28.3 Å². The van der Waals surface area contributed by atoms with Gasteiger partial charge in [-0.3, -0.25) is 4.79 Å². The Hall–Kier alpha value is -2.54. The summed E-state index contributed by atoms with van der Waals surface area (Å²) < 4.78 is 42.8. The largest absolute Gasteiger partial charge is 0.481 e. The molecule has 0 unspecified atom stereocenters. The Kier molecular flexibility index (Phi) is 5.46. The van der Waals surface area contributed by atoms with Crippen molar-refractivity contribution in [2.24, 2.45) is 5.16 Å². The van der Waals surface area contributed by atoms with Crippen molar-refractivity contribution in [3.05, 3.63) is 58.4 Å². The van der Waals surface area contributed by atoms with Crippen LogP contribution in [-0.2, 0) is 4.79 Å². The first kappa shape index (κ1) is 17.8. The van der Waals surface area contributed by atoms with Crippen LogP contribution in [0.25, 0.3) is 11.1 Å². The maximum Gasteiger partial charge on any atom is 0.303 e. The summed E-state index contributed by atoms with van der Waals surface area (Å²) in [5, 5.41) is 20.6. The molecular formula is C16H11ClF3NO3. The van der Waals surface area contributed by atoms with Crippen LogP contribution in [0.1, 0.15) is 18.4 Å². The minimum Gasteiger partial charge on any atom is -0.481 e. The summed E-state index contributed by atoms with van der Waals surface area (Å²) >= 11 is 5.70. The molecular weight excluding hydrogens is 347 g/mol. The molecule has 2 rings (SSSR count). The second kappa shape index (κ2) is 7.35. The van der Waals surface area contributed by atoms with Crippen molar-refractivity contribution >= 4 is 23.3 Å². The Morgan fingerprint density at radius 1 is 1.08 bits per heavy atom. The normalized spacial score (nSPS) is 11.6. The van der Waals surface area contributed by atoms with Gasteiger partial charge in [0.25, 0.3) is 0 Å². The second-order valence-electron chi connectivity index (χ2n) is 4.86. The van der Waals surface area contributed by atoms with Gasteiger partial charge in [-0.15, -0.1) is 0 Å². The summed E-state index contributed by atoms with van der Waals surface area (Å²) in [5.41, 5.74) is -1.61. The van der Waals surface area contributed by atoms with Crippen molar-refractivity contribution in [1.29, 1.82) is 0 Å². The van der Waals surface area contributed by atoms with E-state index in [-0.39, 0.29) is 12.0 Å². The first-order chi connectivity index (χ1) is 11.3. The number of benzene rings is 2. The molecule has 126 valence electrons. The highest BCUT2D eigenvalue weighted by Gasteiger charge is 2.23. The Labute approximate surface area is 139 Å². The molecule has 2 N–H and O–H groups in total. The number of oxime groups is 1. The highest BCUT2D eigenvalue weighted by atomic mass is 35.5. The molecule has 0 bridgehead atoms. The molecule has 24 heavy (non-hydrogen) atoms. The van der Waals surface area contributed by atoms with Crippen molar-refractivity contribution in [3.8, 4) is 11.1 Å². The summed E-state index contributed by atoms with van der Waals surface area (Å²) in [4.78, 5) is 10.5. The lowest BCUT2D eigenvalue weighted by Crippen LogP contribution is -2.10. The summed E-state index contributed by atoms with van der Waals surface area (Å²) in [6.07, 6.45) is -0.872. The number of rotatable bonds is 5. The predicted molar refractivity (Wildman–Crippen MR) is 82.0 cm³/mol. The fraction of sp³-hybridized carbons (Fsp3) is 0.125. The Bertz CT molecular complexity index is 807. The van der Waals surface area contributed by atoms with Gasteiger partial charge in [0.05, 0.1) is 17.7 Å². The van der Waals surface area contributed by atoms with Crippen LogP contribution in [0.4, 0.5) is 13.2 Å². The first-order valence-corrected chi connectivity index (χ1v) is 7.09. The van der Waals surface area contributed by atoms with E-state index in [2.05, 4.69) is 5.16 Å². The maximum atomic E-state index is 14.3. The monoisotopic (exact) mass is 357 g/mol.